The molecule has 0 saturated carbocycles. The van der Waals surface area contributed by atoms with Gasteiger partial charge in [0.2, 0.25) is 0 Å². The molecule has 109 heavy (non-hydrogen) atoms. The predicted octanol–water partition coefficient (Wildman–Crippen LogP) is 27.8. The number of phosphoric acid groups is 2. The fraction of sp³-hybridized carbons (Fsp3) is 0.956. The summed E-state index contributed by atoms with van der Waals surface area (Å²) in [6.45, 7) is 9.71. The third kappa shape index (κ3) is 83.8. The third-order valence-corrected chi connectivity index (χ3v) is 23.1. The first-order chi connectivity index (χ1) is 52.9. The van der Waals surface area contributed by atoms with Crippen molar-refractivity contribution in [2.75, 3.05) is 39.6 Å². The van der Waals surface area contributed by atoms with E-state index in [0.717, 1.165) is 102 Å². The number of esters is 4. The standard InChI is InChI=1S/C90H176O17P2/c1-7-9-11-13-15-17-19-21-23-24-25-26-27-28-33-36-40-44-50-57-63-69-75-90(95)106-85(78-100-87(92)72-66-60-54-48-42-39-35-32-30-29-31-34-37-41-46-52-58-64-70-82(3)4)80-104-108(96,97)102-76-84(91)77-103-109(98,99)105-81-86(79-101-88(93)73-67-61-55-51-45-47-53-59-65-71-83(5)6)107-89(94)74-68-62-56-49-43-38-22-20-18-16-14-12-10-8-2/h82-86,91H,7-81H2,1-6H3,(H,96,97)(H,98,99)/t84-,85-,86-/m1/s1. The van der Waals surface area contributed by atoms with Crippen LogP contribution in [-0.2, 0) is 65.4 Å². The lowest BCUT2D eigenvalue weighted by molar-refractivity contribution is -0.161. The molecule has 0 aliphatic heterocycles. The number of hydrogen-bond acceptors (Lipinski definition) is 15. The molecule has 0 aromatic carbocycles. The smallest absolute Gasteiger partial charge is 0.462 e. The Labute approximate surface area is 670 Å². The minimum atomic E-state index is -4.97. The number of aliphatic hydroxyl groups excluding tert-OH is 1. The van der Waals surface area contributed by atoms with E-state index in [0.29, 0.717) is 25.7 Å². The molecule has 0 bridgehead atoms. The molecule has 0 radical (unpaired) electrons. The fourth-order valence-corrected chi connectivity index (χ4v) is 15.7. The largest absolute Gasteiger partial charge is 0.472 e. The molecule has 0 spiro atoms. The van der Waals surface area contributed by atoms with Crippen molar-refractivity contribution in [3.63, 3.8) is 0 Å². The Kier molecular flexibility index (Phi) is 79.8. The fourth-order valence-electron chi connectivity index (χ4n) is 14.1. The van der Waals surface area contributed by atoms with Crippen molar-refractivity contribution in [3.8, 4) is 0 Å². The highest BCUT2D eigenvalue weighted by Crippen LogP contribution is 2.45. The van der Waals surface area contributed by atoms with Gasteiger partial charge in [0.25, 0.3) is 0 Å². The number of phosphoric ester groups is 2. The van der Waals surface area contributed by atoms with Crippen LogP contribution in [0, 0.1) is 11.8 Å². The SMILES string of the molecule is CCCCCCCCCCCCCCCCCCCCCCCCC(=O)O[C@H](COC(=O)CCCCCCCCCCCCCCCCCCCCC(C)C)COP(=O)(O)OC[C@@H](O)COP(=O)(O)OC[C@@H](COC(=O)CCCCCCCCCCCC(C)C)OC(=O)CCCCCCCCCCCCCCCC. The van der Waals surface area contributed by atoms with Gasteiger partial charge in [0.15, 0.2) is 12.2 Å². The summed E-state index contributed by atoms with van der Waals surface area (Å²) in [6.07, 6.45) is 75.1. The van der Waals surface area contributed by atoms with Crippen molar-refractivity contribution in [1.82, 2.24) is 0 Å². The minimum absolute atomic E-state index is 0.108. The van der Waals surface area contributed by atoms with E-state index in [9.17, 15) is 43.2 Å². The molecule has 19 heteroatoms. The van der Waals surface area contributed by atoms with E-state index in [1.807, 2.05) is 0 Å². The van der Waals surface area contributed by atoms with E-state index in [1.165, 1.54) is 302 Å². The van der Waals surface area contributed by atoms with Crippen LogP contribution in [0.4, 0.5) is 0 Å². The summed E-state index contributed by atoms with van der Waals surface area (Å²) in [5.41, 5.74) is 0. The first-order valence-corrected chi connectivity index (χ1v) is 49.5. The van der Waals surface area contributed by atoms with Crippen LogP contribution >= 0.6 is 15.6 Å². The summed E-state index contributed by atoms with van der Waals surface area (Å²) in [7, 11) is -9.93. The van der Waals surface area contributed by atoms with Crippen LogP contribution in [0.3, 0.4) is 0 Å². The summed E-state index contributed by atoms with van der Waals surface area (Å²) in [5, 5.41) is 10.7. The van der Waals surface area contributed by atoms with Crippen molar-refractivity contribution in [2.24, 2.45) is 11.8 Å². The molecule has 0 rings (SSSR count). The average Bonchev–Trinajstić information content (AvgIpc) is 0.899. The van der Waals surface area contributed by atoms with Crippen LogP contribution in [0.25, 0.3) is 0 Å². The molecule has 0 aliphatic carbocycles. The normalized spacial score (nSPS) is 13.8. The second-order valence-corrected chi connectivity index (χ2v) is 36.2. The van der Waals surface area contributed by atoms with Gasteiger partial charge in [-0.05, 0) is 37.5 Å². The van der Waals surface area contributed by atoms with E-state index < -0.39 is 97.5 Å². The van der Waals surface area contributed by atoms with E-state index in [1.54, 1.807) is 0 Å². The Morgan fingerprint density at radius 1 is 0.248 bits per heavy atom. The molecule has 648 valence electrons. The van der Waals surface area contributed by atoms with Crippen molar-refractivity contribution in [3.05, 3.63) is 0 Å². The summed E-state index contributed by atoms with van der Waals surface area (Å²) < 4.78 is 69.0. The van der Waals surface area contributed by atoms with Crippen LogP contribution in [0.5, 0.6) is 0 Å². The number of ether oxygens (including phenoxy) is 4. The van der Waals surface area contributed by atoms with Gasteiger partial charge in [-0.15, -0.1) is 0 Å². The van der Waals surface area contributed by atoms with E-state index in [2.05, 4.69) is 41.5 Å². The number of rotatable bonds is 89. The molecule has 0 fully saturated rings. The number of carbonyl (C=O) groups excluding carboxylic acids is 4. The average molecular weight is 1590 g/mol. The molecule has 0 aliphatic rings. The molecular weight excluding hydrogens is 1410 g/mol. The molecule has 2 unspecified atom stereocenters. The highest BCUT2D eigenvalue weighted by atomic mass is 31.2. The maximum atomic E-state index is 13.2. The number of unbranched alkanes of at least 4 members (excludes halogenated alkanes) is 59. The first-order valence-electron chi connectivity index (χ1n) is 46.5. The van der Waals surface area contributed by atoms with Gasteiger partial charge in [-0.2, -0.15) is 0 Å². The predicted molar refractivity (Wildman–Crippen MR) is 451 cm³/mol. The van der Waals surface area contributed by atoms with Crippen LogP contribution < -0.4 is 0 Å². The summed E-state index contributed by atoms with van der Waals surface area (Å²) in [4.78, 5) is 73.4. The van der Waals surface area contributed by atoms with Crippen LogP contribution in [0.2, 0.25) is 0 Å². The molecule has 0 amide bonds. The van der Waals surface area contributed by atoms with Crippen molar-refractivity contribution in [2.45, 2.75) is 503 Å². The summed E-state index contributed by atoms with van der Waals surface area (Å²) in [6, 6.07) is 0. The van der Waals surface area contributed by atoms with Crippen molar-refractivity contribution >= 4 is 39.5 Å². The molecule has 0 aromatic heterocycles. The second kappa shape index (κ2) is 81.2. The van der Waals surface area contributed by atoms with Crippen molar-refractivity contribution < 1.29 is 80.2 Å². The molecule has 17 nitrogen and oxygen atoms in total. The zero-order valence-electron chi connectivity index (χ0n) is 71.9. The first kappa shape index (κ1) is 107. The molecule has 0 heterocycles. The van der Waals surface area contributed by atoms with E-state index in [4.69, 9.17) is 37.0 Å². The third-order valence-electron chi connectivity index (χ3n) is 21.2. The van der Waals surface area contributed by atoms with Gasteiger partial charge in [0.05, 0.1) is 26.4 Å². The van der Waals surface area contributed by atoms with Gasteiger partial charge < -0.3 is 33.8 Å². The maximum absolute atomic E-state index is 13.2. The molecular formula is C90H176O17P2. The Morgan fingerprint density at radius 3 is 0.624 bits per heavy atom. The summed E-state index contributed by atoms with van der Waals surface area (Å²) in [5.74, 6) is -0.530. The highest BCUT2D eigenvalue weighted by Gasteiger charge is 2.31. The molecule has 5 atom stereocenters. The molecule has 0 aromatic rings. The Balaban J connectivity index is 5.23. The lowest BCUT2D eigenvalue weighted by atomic mass is 10.0. The van der Waals surface area contributed by atoms with E-state index >= 15 is 0 Å². The number of hydrogen-bond donors (Lipinski definition) is 3. The lowest BCUT2D eigenvalue weighted by Gasteiger charge is -2.21. The van der Waals surface area contributed by atoms with Crippen LogP contribution in [0.15, 0.2) is 0 Å². The monoisotopic (exact) mass is 1590 g/mol. The lowest BCUT2D eigenvalue weighted by Crippen LogP contribution is -2.30. The molecule has 0 saturated heterocycles. The molecule has 3 N–H and O–H groups in total. The Morgan fingerprint density at radius 2 is 0.422 bits per heavy atom. The van der Waals surface area contributed by atoms with Crippen molar-refractivity contribution in [1.29, 1.82) is 0 Å². The minimum Gasteiger partial charge on any atom is -0.462 e. The quantitative estimate of drug-likeness (QED) is 0.0222. The van der Waals surface area contributed by atoms with Gasteiger partial charge >= 0.3 is 39.5 Å². The Hall–Kier alpha value is -1.94. The van der Waals surface area contributed by atoms with Crippen LogP contribution in [-0.4, -0.2) is 96.7 Å². The van der Waals surface area contributed by atoms with Gasteiger partial charge in [-0.3, -0.25) is 37.3 Å². The summed E-state index contributed by atoms with van der Waals surface area (Å²) >= 11 is 0. The van der Waals surface area contributed by atoms with Gasteiger partial charge in [0.1, 0.15) is 19.3 Å². The van der Waals surface area contributed by atoms with E-state index in [-0.39, 0.29) is 25.7 Å². The van der Waals surface area contributed by atoms with Gasteiger partial charge in [-0.25, -0.2) is 9.13 Å². The highest BCUT2D eigenvalue weighted by molar-refractivity contribution is 7.47. The zero-order chi connectivity index (χ0) is 79.9. The zero-order valence-corrected chi connectivity index (χ0v) is 73.7. The number of carbonyl (C=O) groups is 4. The van der Waals surface area contributed by atoms with Gasteiger partial charge in [-0.1, -0.05) is 433 Å². The van der Waals surface area contributed by atoms with Crippen LogP contribution in [0.1, 0.15) is 485 Å². The second-order valence-electron chi connectivity index (χ2n) is 33.3. The van der Waals surface area contributed by atoms with Gasteiger partial charge in [0, 0.05) is 25.7 Å². The maximum Gasteiger partial charge on any atom is 0.472 e. The number of aliphatic hydroxyl groups is 1. The topological polar surface area (TPSA) is 237 Å². The Bertz CT molecular complexity index is 2080.